The van der Waals surface area contributed by atoms with E-state index >= 15 is 0 Å². The summed E-state index contributed by atoms with van der Waals surface area (Å²) in [6, 6.07) is 4.62. The van der Waals surface area contributed by atoms with Crippen molar-refractivity contribution >= 4 is 29.1 Å². The molecule has 21 heavy (non-hydrogen) atoms. The first-order valence-electron chi connectivity index (χ1n) is 6.39. The van der Waals surface area contributed by atoms with Crippen molar-refractivity contribution in [1.82, 2.24) is 9.80 Å². The molecule has 0 saturated carbocycles. The van der Waals surface area contributed by atoms with E-state index in [2.05, 4.69) is 0 Å². The van der Waals surface area contributed by atoms with Crippen molar-refractivity contribution in [3.63, 3.8) is 0 Å². The normalized spacial score (nSPS) is 10.3. The summed E-state index contributed by atoms with van der Waals surface area (Å²) in [6.45, 7) is 0.617. The van der Waals surface area contributed by atoms with Crippen molar-refractivity contribution in [2.75, 3.05) is 46.6 Å². The number of likely N-dealkylation sites (N-methyl/N-ethyl adjacent to an activating group) is 1. The molecule has 1 rings (SSSR count). The Bertz CT molecular complexity index is 500. The first kappa shape index (κ1) is 17.3. The average molecular weight is 314 g/mol. The van der Waals surface area contributed by atoms with Crippen LogP contribution in [0.15, 0.2) is 18.2 Å². The van der Waals surface area contributed by atoms with Crippen LogP contribution in [0.4, 0.5) is 5.69 Å². The molecule has 116 valence electrons. The summed E-state index contributed by atoms with van der Waals surface area (Å²) in [6.07, 6.45) is 0. The lowest BCUT2D eigenvalue weighted by Gasteiger charge is -2.23. The number of ether oxygens (including phenoxy) is 1. The van der Waals surface area contributed by atoms with E-state index in [1.807, 2.05) is 0 Å². The van der Waals surface area contributed by atoms with Gasteiger partial charge in [0.05, 0.1) is 6.61 Å². The van der Waals surface area contributed by atoms with Gasteiger partial charge in [-0.3, -0.25) is 9.59 Å². The van der Waals surface area contributed by atoms with Crippen LogP contribution in [-0.2, 0) is 9.53 Å². The van der Waals surface area contributed by atoms with Crippen molar-refractivity contribution in [1.29, 1.82) is 0 Å². The van der Waals surface area contributed by atoms with Gasteiger partial charge in [-0.15, -0.1) is 0 Å². The van der Waals surface area contributed by atoms with Gasteiger partial charge in [-0.1, -0.05) is 11.6 Å². The molecule has 7 heteroatoms. The summed E-state index contributed by atoms with van der Waals surface area (Å²) < 4.78 is 4.98. The monoisotopic (exact) mass is 313 g/mol. The molecule has 0 bridgehead atoms. The zero-order chi connectivity index (χ0) is 16.0. The molecule has 0 aliphatic rings. The molecule has 0 saturated heterocycles. The third-order valence-corrected chi connectivity index (χ3v) is 3.06. The van der Waals surface area contributed by atoms with Crippen LogP contribution in [0.1, 0.15) is 10.4 Å². The maximum atomic E-state index is 12.5. The van der Waals surface area contributed by atoms with Crippen LogP contribution in [0.5, 0.6) is 0 Å². The highest BCUT2D eigenvalue weighted by molar-refractivity contribution is 6.31. The highest BCUT2D eigenvalue weighted by Crippen LogP contribution is 2.18. The molecule has 0 fully saturated rings. The van der Waals surface area contributed by atoms with Crippen LogP contribution < -0.4 is 5.73 Å². The minimum atomic E-state index is -0.309. The lowest BCUT2D eigenvalue weighted by molar-refractivity contribution is -0.129. The van der Waals surface area contributed by atoms with E-state index in [9.17, 15) is 9.59 Å². The second-order valence-corrected chi connectivity index (χ2v) is 5.22. The Morgan fingerprint density at radius 1 is 1.29 bits per heavy atom. The summed E-state index contributed by atoms with van der Waals surface area (Å²) in [4.78, 5) is 27.2. The third kappa shape index (κ3) is 5.24. The first-order chi connectivity index (χ1) is 9.85. The fourth-order valence-corrected chi connectivity index (χ4v) is 1.92. The second kappa shape index (κ2) is 7.85. The van der Waals surface area contributed by atoms with Crippen LogP contribution in [0.3, 0.4) is 0 Å². The number of rotatable bonds is 6. The molecule has 0 aliphatic heterocycles. The number of nitrogens with two attached hydrogens (primary N) is 1. The largest absolute Gasteiger partial charge is 0.399 e. The molecule has 0 aliphatic carbocycles. The van der Waals surface area contributed by atoms with E-state index in [1.54, 1.807) is 20.2 Å². The molecule has 6 nitrogen and oxygen atoms in total. The first-order valence-corrected chi connectivity index (χ1v) is 6.77. The van der Waals surface area contributed by atoms with Crippen LogP contribution in [0.2, 0.25) is 5.02 Å². The zero-order valence-corrected chi connectivity index (χ0v) is 13.2. The van der Waals surface area contributed by atoms with E-state index in [-0.39, 0.29) is 18.4 Å². The van der Waals surface area contributed by atoms with E-state index < -0.39 is 0 Å². The Hall–Kier alpha value is -1.79. The molecular weight excluding hydrogens is 294 g/mol. The molecule has 0 heterocycles. The van der Waals surface area contributed by atoms with Gasteiger partial charge in [-0.25, -0.2) is 0 Å². The topological polar surface area (TPSA) is 75.9 Å². The maximum Gasteiger partial charge on any atom is 0.254 e. The zero-order valence-electron chi connectivity index (χ0n) is 12.4. The Labute approximate surface area is 129 Å². The summed E-state index contributed by atoms with van der Waals surface area (Å²) in [5, 5.41) is 0.379. The third-order valence-electron chi connectivity index (χ3n) is 2.84. The quantitative estimate of drug-likeness (QED) is 0.798. The van der Waals surface area contributed by atoms with Crippen molar-refractivity contribution in [3.05, 3.63) is 28.8 Å². The van der Waals surface area contributed by atoms with Crippen LogP contribution in [0.25, 0.3) is 0 Å². The summed E-state index contributed by atoms with van der Waals surface area (Å²) >= 11 is 5.91. The van der Waals surface area contributed by atoms with Gasteiger partial charge in [-0.05, 0) is 18.2 Å². The molecular formula is C14H20ClN3O3. The Morgan fingerprint density at radius 2 is 1.95 bits per heavy atom. The van der Waals surface area contributed by atoms with Crippen LogP contribution in [0, 0.1) is 0 Å². The molecule has 0 spiro atoms. The van der Waals surface area contributed by atoms with Crippen LogP contribution >= 0.6 is 11.6 Å². The molecule has 2 amide bonds. The number of hydrogen-bond donors (Lipinski definition) is 1. The highest BCUT2D eigenvalue weighted by Gasteiger charge is 2.20. The predicted molar refractivity (Wildman–Crippen MR) is 82.3 cm³/mol. The molecule has 0 unspecified atom stereocenters. The number of nitrogen functional groups attached to an aromatic ring is 1. The number of methoxy groups -OCH3 is 1. The number of amides is 2. The summed E-state index contributed by atoms with van der Waals surface area (Å²) in [5.74, 6) is -0.481. The van der Waals surface area contributed by atoms with Gasteiger partial charge in [0.1, 0.15) is 6.54 Å². The van der Waals surface area contributed by atoms with Gasteiger partial charge in [-0.2, -0.15) is 0 Å². The van der Waals surface area contributed by atoms with Crippen molar-refractivity contribution in [3.8, 4) is 0 Å². The Kier molecular flexibility index (Phi) is 6.45. The fraction of sp³-hybridized carbons (Fsp3) is 0.429. The number of hydrogen-bond acceptors (Lipinski definition) is 4. The number of carbonyl (C=O) groups is 2. The lowest BCUT2D eigenvalue weighted by Crippen LogP contribution is -2.41. The number of nitrogens with zero attached hydrogens (tertiary/aromatic N) is 2. The molecule has 1 aromatic rings. The molecule has 0 aromatic heterocycles. The predicted octanol–water partition coefficient (Wildman–Crippen LogP) is 1.10. The van der Waals surface area contributed by atoms with Gasteiger partial charge in [0.2, 0.25) is 5.91 Å². The number of benzene rings is 1. The molecule has 2 N–H and O–H groups in total. The molecule has 1 aromatic carbocycles. The van der Waals surface area contributed by atoms with Crippen molar-refractivity contribution in [2.24, 2.45) is 0 Å². The number of anilines is 1. The molecule has 0 atom stereocenters. The Balaban J connectivity index is 2.95. The molecule has 0 radical (unpaired) electrons. The van der Waals surface area contributed by atoms with E-state index in [0.29, 0.717) is 29.4 Å². The van der Waals surface area contributed by atoms with Crippen molar-refractivity contribution < 1.29 is 14.3 Å². The maximum absolute atomic E-state index is 12.5. The van der Waals surface area contributed by atoms with Gasteiger partial charge in [0.25, 0.3) is 5.91 Å². The van der Waals surface area contributed by atoms with E-state index in [0.717, 1.165) is 0 Å². The standard InChI is InChI=1S/C14H20ClN3O3/c1-17(2)13(19)9-18(4-5-21-3)14(20)10-6-11(15)8-12(16)7-10/h6-8H,4-5,9,16H2,1-3H3. The second-order valence-electron chi connectivity index (χ2n) is 4.78. The average Bonchev–Trinajstić information content (AvgIpc) is 2.41. The number of halogens is 1. The summed E-state index contributed by atoms with van der Waals surface area (Å²) in [5.41, 5.74) is 6.44. The van der Waals surface area contributed by atoms with Crippen LogP contribution in [-0.4, -0.2) is 62.5 Å². The highest BCUT2D eigenvalue weighted by atomic mass is 35.5. The van der Waals surface area contributed by atoms with E-state index in [4.69, 9.17) is 22.1 Å². The Morgan fingerprint density at radius 3 is 2.48 bits per heavy atom. The van der Waals surface area contributed by atoms with Gasteiger partial charge >= 0.3 is 0 Å². The van der Waals surface area contributed by atoms with Gasteiger partial charge in [0.15, 0.2) is 0 Å². The van der Waals surface area contributed by atoms with Gasteiger partial charge in [0, 0.05) is 44.0 Å². The van der Waals surface area contributed by atoms with Crippen molar-refractivity contribution in [2.45, 2.75) is 0 Å². The summed E-state index contributed by atoms with van der Waals surface area (Å²) in [7, 11) is 4.81. The number of carbonyl (C=O) groups excluding carboxylic acids is 2. The lowest BCUT2D eigenvalue weighted by atomic mass is 10.1. The fourth-order valence-electron chi connectivity index (χ4n) is 1.68. The minimum absolute atomic E-state index is 0.0262. The van der Waals surface area contributed by atoms with E-state index in [1.165, 1.54) is 29.0 Å². The van der Waals surface area contributed by atoms with Gasteiger partial charge < -0.3 is 20.3 Å². The SMILES string of the molecule is COCCN(CC(=O)N(C)C)C(=O)c1cc(N)cc(Cl)c1. The minimum Gasteiger partial charge on any atom is -0.399 e. The smallest absolute Gasteiger partial charge is 0.254 e.